The van der Waals surface area contributed by atoms with Crippen LogP contribution >= 0.6 is 23.1 Å². The molecule has 1 unspecified atom stereocenters. The molecule has 3 aliphatic heterocycles. The van der Waals surface area contributed by atoms with Crippen molar-refractivity contribution in [3.05, 3.63) is 22.8 Å². The van der Waals surface area contributed by atoms with Crippen LogP contribution < -0.4 is 10.6 Å². The van der Waals surface area contributed by atoms with Crippen molar-refractivity contribution in [2.75, 3.05) is 57.5 Å². The number of β-lactam (4-membered cyclic amide) rings is 1. The van der Waals surface area contributed by atoms with E-state index in [1.165, 1.54) is 16.7 Å². The lowest BCUT2D eigenvalue weighted by Crippen LogP contribution is -2.69. The normalized spacial score (nSPS) is 21.9. The molecule has 4 amide bonds. The molecule has 15 heteroatoms. The average molecular weight is 552 g/mol. The van der Waals surface area contributed by atoms with E-state index in [4.69, 9.17) is 9.57 Å². The summed E-state index contributed by atoms with van der Waals surface area (Å²) in [7, 11) is 2.01. The Morgan fingerprint density at radius 2 is 2.08 bits per heavy atom. The predicted octanol–water partition coefficient (Wildman–Crippen LogP) is 0.510. The summed E-state index contributed by atoms with van der Waals surface area (Å²) in [4.78, 5) is 63.6. The summed E-state index contributed by atoms with van der Waals surface area (Å²) in [6.45, 7) is 5.19. The number of piperazine rings is 1. The molecule has 13 nitrogen and oxygen atoms in total. The Kier molecular flexibility index (Phi) is 9.00. The van der Waals surface area contributed by atoms with E-state index in [1.54, 1.807) is 16.5 Å². The monoisotopic (exact) mass is 551 g/mol. The van der Waals surface area contributed by atoms with Crippen molar-refractivity contribution in [3.8, 4) is 0 Å². The maximum Gasteiger partial charge on any atom is 0.410 e. The lowest BCUT2D eigenvalue weighted by molar-refractivity contribution is -0.143. The molecule has 0 spiro atoms. The molecule has 0 saturated carbocycles. The number of aromatic nitrogens is 1. The minimum absolute atomic E-state index is 0.0808. The Balaban J connectivity index is 1.33. The highest BCUT2D eigenvalue weighted by molar-refractivity contribution is 8.00. The minimum Gasteiger partial charge on any atom is -0.445 e. The zero-order chi connectivity index (χ0) is 26.4. The number of anilines is 1. The van der Waals surface area contributed by atoms with E-state index in [-0.39, 0.29) is 35.4 Å². The minimum atomic E-state index is -0.745. The second-order valence-electron chi connectivity index (χ2n) is 8.60. The number of hydrogen-bond acceptors (Lipinski definition) is 11. The van der Waals surface area contributed by atoms with Gasteiger partial charge >= 0.3 is 6.09 Å². The molecule has 0 bridgehead atoms. The van der Waals surface area contributed by atoms with Crippen molar-refractivity contribution in [2.45, 2.75) is 24.8 Å². The number of carbonyl (C=O) groups excluding carboxylic acids is 4. The van der Waals surface area contributed by atoms with E-state index in [0.29, 0.717) is 43.4 Å². The van der Waals surface area contributed by atoms with Crippen molar-refractivity contribution in [2.24, 2.45) is 5.16 Å². The van der Waals surface area contributed by atoms with Gasteiger partial charge in [-0.1, -0.05) is 12.1 Å². The number of nitrogens with one attached hydrogen (secondary N) is 2. The van der Waals surface area contributed by atoms with Gasteiger partial charge in [-0.25, -0.2) is 9.78 Å². The van der Waals surface area contributed by atoms with E-state index >= 15 is 0 Å². The molecule has 2 saturated heterocycles. The summed E-state index contributed by atoms with van der Waals surface area (Å²) in [5.74, 6) is -0.318. The summed E-state index contributed by atoms with van der Waals surface area (Å²) >= 11 is 2.61. The summed E-state index contributed by atoms with van der Waals surface area (Å²) in [6.07, 6.45) is 2.53. The molecular weight excluding hydrogens is 522 g/mol. The standard InChI is InChI=1S/C22H29N7O6S2/c1-3-8-35-26-16(15-12-37-21(24-15)23-13-30)18(31)25-17-19(32)29-9-14(11-36-20(17)29)10-34-22(33)28-6-4-27(2)5-7-28/h9,12-13,17,20H,3-8,10-11H2,1-2H3,(H,25,31)(H,23,24,30)/t17?,20-/m0/s1. The molecule has 4 heterocycles. The van der Waals surface area contributed by atoms with Crippen molar-refractivity contribution >= 4 is 58.3 Å². The first-order chi connectivity index (χ1) is 17.9. The van der Waals surface area contributed by atoms with E-state index in [1.807, 2.05) is 14.0 Å². The molecule has 1 aromatic heterocycles. The number of likely N-dealkylation sites (N-methyl/N-ethyl adjacent to an activating group) is 1. The maximum atomic E-state index is 13.0. The fraction of sp³-hybridized carbons (Fsp3) is 0.545. The lowest BCUT2D eigenvalue weighted by atomic mass is 10.1. The second kappa shape index (κ2) is 12.4. The smallest absolute Gasteiger partial charge is 0.410 e. The van der Waals surface area contributed by atoms with Crippen LogP contribution in [0.25, 0.3) is 0 Å². The van der Waals surface area contributed by atoms with Crippen LogP contribution in [0.2, 0.25) is 0 Å². The number of thioether (sulfide) groups is 1. The number of amides is 4. The molecular formula is C22H29N7O6S2. The summed E-state index contributed by atoms with van der Waals surface area (Å²) in [5.41, 5.74) is 0.963. The number of fused-ring (bicyclic) bond motifs is 1. The predicted molar refractivity (Wildman–Crippen MR) is 138 cm³/mol. The van der Waals surface area contributed by atoms with Crippen LogP contribution in [0.5, 0.6) is 0 Å². The zero-order valence-electron chi connectivity index (χ0n) is 20.5. The Bertz CT molecular complexity index is 1090. The molecule has 4 rings (SSSR count). The highest BCUT2D eigenvalue weighted by Crippen LogP contribution is 2.36. The number of ether oxygens (including phenoxy) is 1. The van der Waals surface area contributed by atoms with E-state index in [9.17, 15) is 19.2 Å². The third-order valence-electron chi connectivity index (χ3n) is 5.87. The van der Waals surface area contributed by atoms with Gasteiger partial charge in [0.15, 0.2) is 10.8 Å². The topological polar surface area (TPSA) is 146 Å². The number of carbonyl (C=O) groups is 4. The third kappa shape index (κ3) is 6.40. The van der Waals surface area contributed by atoms with E-state index < -0.39 is 11.9 Å². The van der Waals surface area contributed by atoms with Gasteiger partial charge in [-0.15, -0.1) is 23.1 Å². The molecule has 0 radical (unpaired) electrons. The van der Waals surface area contributed by atoms with Crippen LogP contribution in [-0.4, -0.2) is 113 Å². The maximum absolute atomic E-state index is 13.0. The molecule has 37 heavy (non-hydrogen) atoms. The number of thiazole rings is 1. The first-order valence-corrected chi connectivity index (χ1v) is 13.7. The Hall–Kier alpha value is -3.17. The van der Waals surface area contributed by atoms with Crippen LogP contribution in [-0.2, 0) is 24.0 Å². The fourth-order valence-corrected chi connectivity index (χ4v) is 5.69. The van der Waals surface area contributed by atoms with Gasteiger partial charge in [-0.3, -0.25) is 14.4 Å². The highest BCUT2D eigenvalue weighted by Gasteiger charge is 2.50. The third-order valence-corrected chi connectivity index (χ3v) is 8.02. The van der Waals surface area contributed by atoms with Gasteiger partial charge in [-0.05, 0) is 19.0 Å². The highest BCUT2D eigenvalue weighted by atomic mass is 32.2. The SMILES string of the molecule is CCCON=C(C(=O)NC1C(=O)N2C=C(COC(=O)N3CCN(C)CC3)CS[C@@H]12)c1csc(NC=O)n1. The van der Waals surface area contributed by atoms with Gasteiger partial charge in [0.05, 0.1) is 0 Å². The first kappa shape index (κ1) is 26.9. The summed E-state index contributed by atoms with van der Waals surface area (Å²) in [6, 6.07) is -0.745. The van der Waals surface area contributed by atoms with Crippen LogP contribution in [0.4, 0.5) is 9.93 Å². The number of oxime groups is 1. The van der Waals surface area contributed by atoms with Gasteiger partial charge in [0.2, 0.25) is 6.41 Å². The van der Waals surface area contributed by atoms with Gasteiger partial charge in [-0.2, -0.15) is 0 Å². The molecule has 1 aromatic rings. The summed E-state index contributed by atoms with van der Waals surface area (Å²) < 4.78 is 5.45. The second-order valence-corrected chi connectivity index (χ2v) is 10.6. The quantitative estimate of drug-likeness (QED) is 0.140. The van der Waals surface area contributed by atoms with Crippen molar-refractivity contribution in [1.29, 1.82) is 0 Å². The van der Waals surface area contributed by atoms with Gasteiger partial charge in [0.1, 0.15) is 30.3 Å². The fourth-order valence-electron chi connectivity index (χ4n) is 3.79. The Labute approximate surface area is 222 Å². The van der Waals surface area contributed by atoms with Gasteiger partial charge in [0, 0.05) is 43.5 Å². The largest absolute Gasteiger partial charge is 0.445 e. The molecule has 0 aliphatic carbocycles. The summed E-state index contributed by atoms with van der Waals surface area (Å²) in [5, 5.41) is 10.7. The van der Waals surface area contributed by atoms with Crippen LogP contribution in [0, 0.1) is 0 Å². The van der Waals surface area contributed by atoms with Crippen molar-refractivity contribution < 1.29 is 28.8 Å². The van der Waals surface area contributed by atoms with Crippen molar-refractivity contribution in [3.63, 3.8) is 0 Å². The number of hydrogen-bond donors (Lipinski definition) is 2. The van der Waals surface area contributed by atoms with Crippen LogP contribution in [0.15, 0.2) is 22.3 Å². The molecule has 0 aromatic carbocycles. The first-order valence-electron chi connectivity index (χ1n) is 11.8. The van der Waals surface area contributed by atoms with E-state index in [2.05, 4.69) is 25.7 Å². The molecule has 2 N–H and O–H groups in total. The van der Waals surface area contributed by atoms with Gasteiger partial charge < -0.3 is 34.9 Å². The lowest BCUT2D eigenvalue weighted by Gasteiger charge is -2.47. The Morgan fingerprint density at radius 1 is 1.30 bits per heavy atom. The Morgan fingerprint density at radius 3 is 2.81 bits per heavy atom. The number of nitrogens with zero attached hydrogens (tertiary/aromatic N) is 5. The average Bonchev–Trinajstić information content (AvgIpc) is 3.36. The van der Waals surface area contributed by atoms with Crippen LogP contribution in [0.1, 0.15) is 19.0 Å². The van der Waals surface area contributed by atoms with E-state index in [0.717, 1.165) is 30.0 Å². The van der Waals surface area contributed by atoms with Gasteiger partial charge in [0.25, 0.3) is 11.8 Å². The molecule has 2 atom stereocenters. The molecule has 200 valence electrons. The zero-order valence-corrected chi connectivity index (χ0v) is 22.2. The molecule has 2 fully saturated rings. The van der Waals surface area contributed by atoms with Crippen molar-refractivity contribution in [1.82, 2.24) is 25.0 Å². The molecule has 3 aliphatic rings. The number of rotatable bonds is 10. The van der Waals surface area contributed by atoms with Crippen LogP contribution in [0.3, 0.4) is 0 Å².